The third-order valence-corrected chi connectivity index (χ3v) is 3.78. The standard InChI is InChI=1S/C17H18FNO/c18-15-7-5-14(6-8-15)17(13-3-4-13)19-16-9-1-12(11-20)2-10-16/h1-2,5-10,13,17,19-20H,3-4,11H2. The minimum atomic E-state index is -0.199. The molecule has 0 radical (unpaired) electrons. The van der Waals surface area contributed by atoms with Gasteiger partial charge in [-0.1, -0.05) is 24.3 Å². The highest BCUT2D eigenvalue weighted by atomic mass is 19.1. The fourth-order valence-corrected chi connectivity index (χ4v) is 2.46. The van der Waals surface area contributed by atoms with Gasteiger partial charge in [-0.25, -0.2) is 4.39 Å². The SMILES string of the molecule is OCc1ccc(NC(c2ccc(F)cc2)C2CC2)cc1. The van der Waals surface area contributed by atoms with Crippen LogP contribution in [-0.4, -0.2) is 5.11 Å². The van der Waals surface area contributed by atoms with Gasteiger partial charge in [0.1, 0.15) is 5.82 Å². The van der Waals surface area contributed by atoms with Gasteiger partial charge in [-0.15, -0.1) is 0 Å². The summed E-state index contributed by atoms with van der Waals surface area (Å²) >= 11 is 0. The van der Waals surface area contributed by atoms with Crippen LogP contribution in [0.5, 0.6) is 0 Å². The van der Waals surface area contributed by atoms with Crippen molar-refractivity contribution in [3.8, 4) is 0 Å². The molecular formula is C17H18FNO. The third kappa shape index (κ3) is 2.99. The van der Waals surface area contributed by atoms with Gasteiger partial charge in [0.25, 0.3) is 0 Å². The van der Waals surface area contributed by atoms with Crippen LogP contribution in [0.1, 0.15) is 30.0 Å². The van der Waals surface area contributed by atoms with E-state index in [0.29, 0.717) is 5.92 Å². The molecule has 2 aromatic rings. The van der Waals surface area contributed by atoms with Crippen molar-refractivity contribution in [2.45, 2.75) is 25.5 Å². The minimum Gasteiger partial charge on any atom is -0.392 e. The number of aliphatic hydroxyl groups is 1. The number of benzene rings is 2. The Bertz CT molecular complexity index is 561. The van der Waals surface area contributed by atoms with Crippen LogP contribution in [0.15, 0.2) is 48.5 Å². The lowest BCUT2D eigenvalue weighted by molar-refractivity contribution is 0.282. The molecule has 2 aromatic carbocycles. The third-order valence-electron chi connectivity index (χ3n) is 3.78. The monoisotopic (exact) mass is 271 g/mol. The first-order valence-electron chi connectivity index (χ1n) is 6.98. The molecule has 1 saturated carbocycles. The molecule has 3 heteroatoms. The molecule has 104 valence electrons. The van der Waals surface area contributed by atoms with Crippen molar-refractivity contribution in [1.82, 2.24) is 0 Å². The number of hydrogen-bond acceptors (Lipinski definition) is 2. The van der Waals surface area contributed by atoms with E-state index in [2.05, 4.69) is 5.32 Å². The van der Waals surface area contributed by atoms with Gasteiger partial charge < -0.3 is 10.4 Å². The van der Waals surface area contributed by atoms with Gasteiger partial charge in [0.15, 0.2) is 0 Å². The van der Waals surface area contributed by atoms with Gasteiger partial charge in [-0.2, -0.15) is 0 Å². The van der Waals surface area contributed by atoms with Crippen LogP contribution in [0.2, 0.25) is 0 Å². The van der Waals surface area contributed by atoms with Crippen molar-refractivity contribution in [2.75, 3.05) is 5.32 Å². The van der Waals surface area contributed by atoms with Gasteiger partial charge in [0.2, 0.25) is 0 Å². The van der Waals surface area contributed by atoms with E-state index in [1.807, 2.05) is 36.4 Å². The van der Waals surface area contributed by atoms with Crippen LogP contribution in [0.3, 0.4) is 0 Å². The van der Waals surface area contributed by atoms with E-state index in [9.17, 15) is 4.39 Å². The molecule has 2 N–H and O–H groups in total. The average Bonchev–Trinajstić information content (AvgIpc) is 3.31. The summed E-state index contributed by atoms with van der Waals surface area (Å²) in [6, 6.07) is 14.8. The van der Waals surface area contributed by atoms with Crippen LogP contribution in [0.25, 0.3) is 0 Å². The molecule has 0 spiro atoms. The van der Waals surface area contributed by atoms with Gasteiger partial charge in [-0.05, 0) is 54.2 Å². The van der Waals surface area contributed by atoms with Crippen molar-refractivity contribution >= 4 is 5.69 Å². The van der Waals surface area contributed by atoms with E-state index in [0.717, 1.165) is 16.8 Å². The molecule has 0 aromatic heterocycles. The average molecular weight is 271 g/mol. The van der Waals surface area contributed by atoms with Crippen molar-refractivity contribution in [3.63, 3.8) is 0 Å². The van der Waals surface area contributed by atoms with Gasteiger partial charge in [0, 0.05) is 5.69 Å². The quantitative estimate of drug-likeness (QED) is 0.865. The normalized spacial score (nSPS) is 15.9. The number of rotatable bonds is 5. The van der Waals surface area contributed by atoms with Crippen LogP contribution in [0.4, 0.5) is 10.1 Å². The van der Waals surface area contributed by atoms with Crippen molar-refractivity contribution in [2.24, 2.45) is 5.92 Å². The van der Waals surface area contributed by atoms with E-state index in [4.69, 9.17) is 5.11 Å². The highest BCUT2D eigenvalue weighted by molar-refractivity contribution is 5.47. The zero-order valence-corrected chi connectivity index (χ0v) is 11.2. The Morgan fingerprint density at radius 1 is 1.05 bits per heavy atom. The van der Waals surface area contributed by atoms with Crippen molar-refractivity contribution in [3.05, 3.63) is 65.5 Å². The van der Waals surface area contributed by atoms with Crippen molar-refractivity contribution < 1.29 is 9.50 Å². The molecule has 0 bridgehead atoms. The summed E-state index contributed by atoms with van der Waals surface area (Å²) < 4.78 is 13.0. The summed E-state index contributed by atoms with van der Waals surface area (Å²) in [6.07, 6.45) is 2.42. The predicted molar refractivity (Wildman–Crippen MR) is 77.9 cm³/mol. The number of halogens is 1. The molecule has 2 nitrogen and oxygen atoms in total. The van der Waals surface area contributed by atoms with E-state index in [-0.39, 0.29) is 18.5 Å². The molecular weight excluding hydrogens is 253 g/mol. The molecule has 0 heterocycles. The Hall–Kier alpha value is -1.87. The van der Waals surface area contributed by atoms with Crippen LogP contribution < -0.4 is 5.32 Å². The Morgan fingerprint density at radius 2 is 1.70 bits per heavy atom. The second-order valence-corrected chi connectivity index (χ2v) is 5.37. The van der Waals surface area contributed by atoms with Crippen LogP contribution >= 0.6 is 0 Å². The molecule has 1 aliphatic carbocycles. The van der Waals surface area contributed by atoms with E-state index < -0.39 is 0 Å². The summed E-state index contributed by atoms with van der Waals surface area (Å²) in [5.41, 5.74) is 3.06. The fraction of sp³-hybridized carbons (Fsp3) is 0.294. The molecule has 1 aliphatic rings. The molecule has 1 atom stereocenters. The summed E-state index contributed by atoms with van der Waals surface area (Å²) in [7, 11) is 0. The van der Waals surface area contributed by atoms with Crippen molar-refractivity contribution in [1.29, 1.82) is 0 Å². The first-order valence-corrected chi connectivity index (χ1v) is 6.98. The first kappa shape index (κ1) is 13.1. The first-order chi connectivity index (χ1) is 9.76. The van der Waals surface area contributed by atoms with E-state index in [1.165, 1.54) is 25.0 Å². The second-order valence-electron chi connectivity index (χ2n) is 5.37. The topological polar surface area (TPSA) is 32.3 Å². The predicted octanol–water partition coefficient (Wildman–Crippen LogP) is 3.88. The van der Waals surface area contributed by atoms with Crippen LogP contribution in [-0.2, 0) is 6.61 Å². The maximum Gasteiger partial charge on any atom is 0.123 e. The smallest absolute Gasteiger partial charge is 0.123 e. The molecule has 3 rings (SSSR count). The largest absolute Gasteiger partial charge is 0.392 e. The lowest BCUT2D eigenvalue weighted by Gasteiger charge is -2.20. The number of aliphatic hydroxyl groups excluding tert-OH is 1. The van der Waals surface area contributed by atoms with Crippen LogP contribution in [0, 0.1) is 11.7 Å². The maximum atomic E-state index is 13.0. The van der Waals surface area contributed by atoms with E-state index >= 15 is 0 Å². The number of anilines is 1. The summed E-state index contributed by atoms with van der Waals surface area (Å²) in [5.74, 6) is 0.425. The molecule has 0 aliphatic heterocycles. The number of nitrogens with one attached hydrogen (secondary N) is 1. The van der Waals surface area contributed by atoms with E-state index in [1.54, 1.807) is 0 Å². The zero-order chi connectivity index (χ0) is 13.9. The van der Waals surface area contributed by atoms with Gasteiger partial charge >= 0.3 is 0 Å². The lowest BCUT2D eigenvalue weighted by atomic mass is 10.0. The zero-order valence-electron chi connectivity index (χ0n) is 11.2. The molecule has 1 fully saturated rings. The Labute approximate surface area is 118 Å². The Balaban J connectivity index is 1.78. The molecule has 0 amide bonds. The molecule has 20 heavy (non-hydrogen) atoms. The fourth-order valence-electron chi connectivity index (χ4n) is 2.46. The number of hydrogen-bond donors (Lipinski definition) is 2. The summed E-state index contributed by atoms with van der Waals surface area (Å²) in [4.78, 5) is 0. The molecule has 1 unspecified atom stereocenters. The summed E-state index contributed by atoms with van der Waals surface area (Å²) in [5, 5.41) is 12.6. The summed E-state index contributed by atoms with van der Waals surface area (Å²) in [6.45, 7) is 0.0598. The minimum absolute atomic E-state index is 0.0598. The second kappa shape index (κ2) is 5.63. The molecule has 0 saturated heterocycles. The van der Waals surface area contributed by atoms with Gasteiger partial charge in [-0.3, -0.25) is 0 Å². The Kier molecular flexibility index (Phi) is 3.70. The van der Waals surface area contributed by atoms with Gasteiger partial charge in [0.05, 0.1) is 12.6 Å². The highest BCUT2D eigenvalue weighted by Gasteiger charge is 2.32. The lowest BCUT2D eigenvalue weighted by Crippen LogP contribution is -2.12. The highest BCUT2D eigenvalue weighted by Crippen LogP contribution is 2.42. The maximum absolute atomic E-state index is 13.0. The Morgan fingerprint density at radius 3 is 2.25 bits per heavy atom.